The number of rotatable bonds is 4. The van der Waals surface area contributed by atoms with Gasteiger partial charge >= 0.3 is 12.1 Å². The maximum atomic E-state index is 14.5. The van der Waals surface area contributed by atoms with Gasteiger partial charge in [-0.2, -0.15) is 13.2 Å². The van der Waals surface area contributed by atoms with Gasteiger partial charge in [0.25, 0.3) is 0 Å². The van der Waals surface area contributed by atoms with Crippen molar-refractivity contribution in [1.82, 2.24) is 0 Å². The van der Waals surface area contributed by atoms with Crippen LogP contribution < -0.4 is 0 Å². The van der Waals surface area contributed by atoms with Crippen LogP contribution in [0.1, 0.15) is 51.9 Å². The zero-order valence-electron chi connectivity index (χ0n) is 19.6. The van der Waals surface area contributed by atoms with Crippen LogP contribution in [0.2, 0.25) is 0 Å². The lowest BCUT2D eigenvalue weighted by atomic mass is 9.51. The fourth-order valence-electron chi connectivity index (χ4n) is 6.24. The van der Waals surface area contributed by atoms with E-state index in [2.05, 4.69) is 0 Å². The molecule has 36 heavy (non-hydrogen) atoms. The molecular formula is C30H27F3O3. The van der Waals surface area contributed by atoms with E-state index < -0.39 is 35.5 Å². The second-order valence-electron chi connectivity index (χ2n) is 10.1. The largest absolute Gasteiger partial charge is 0.478 e. The third-order valence-electron chi connectivity index (χ3n) is 7.98. The van der Waals surface area contributed by atoms with E-state index >= 15 is 0 Å². The van der Waals surface area contributed by atoms with E-state index in [1.165, 1.54) is 6.08 Å². The Kier molecular flexibility index (Phi) is 6.03. The number of carboxylic acids is 1. The van der Waals surface area contributed by atoms with Gasteiger partial charge in [0.05, 0.1) is 5.56 Å². The Labute approximate surface area is 207 Å². The third-order valence-corrected chi connectivity index (χ3v) is 7.98. The molecule has 0 saturated heterocycles. The molecule has 186 valence electrons. The number of hydrogen-bond acceptors (Lipinski definition) is 2. The molecule has 5 rings (SSSR count). The SMILES string of the molecule is O=C(O)c1ccc2c(c1)CCC1C[C@@](O)(C(F)(F)F)/C(=C/c3ccccc3)CC21Cc1ccccc1. The number of carboxylic acid groups (broad SMARTS) is 1. The van der Waals surface area contributed by atoms with E-state index in [0.717, 1.165) is 16.7 Å². The molecule has 3 aromatic rings. The third kappa shape index (κ3) is 4.13. The van der Waals surface area contributed by atoms with Crippen LogP contribution in [0.4, 0.5) is 13.2 Å². The molecule has 0 heterocycles. The molecule has 0 aliphatic heterocycles. The van der Waals surface area contributed by atoms with Gasteiger partial charge in [-0.1, -0.05) is 72.8 Å². The van der Waals surface area contributed by atoms with Gasteiger partial charge < -0.3 is 10.2 Å². The molecule has 3 atom stereocenters. The maximum Gasteiger partial charge on any atom is 0.421 e. The number of aryl methyl sites for hydroxylation is 1. The number of aliphatic hydroxyl groups is 1. The summed E-state index contributed by atoms with van der Waals surface area (Å²) in [6.07, 6.45) is -2.32. The number of carbonyl (C=O) groups is 1. The first-order valence-electron chi connectivity index (χ1n) is 12.1. The predicted octanol–water partition coefficient (Wildman–Crippen LogP) is 6.60. The van der Waals surface area contributed by atoms with Crippen molar-refractivity contribution >= 4 is 12.0 Å². The Balaban J connectivity index is 1.71. The monoisotopic (exact) mass is 492 g/mol. The molecule has 1 fully saturated rings. The van der Waals surface area contributed by atoms with Crippen LogP contribution in [0, 0.1) is 5.92 Å². The fraction of sp³-hybridized carbons (Fsp3) is 0.300. The van der Waals surface area contributed by atoms with Gasteiger partial charge in [0.2, 0.25) is 0 Å². The van der Waals surface area contributed by atoms with Gasteiger partial charge in [-0.3, -0.25) is 0 Å². The number of fused-ring (bicyclic) bond motifs is 3. The lowest BCUT2D eigenvalue weighted by Gasteiger charge is -2.54. The van der Waals surface area contributed by atoms with Crippen LogP contribution in [-0.2, 0) is 18.3 Å². The zero-order chi connectivity index (χ0) is 25.6. The summed E-state index contributed by atoms with van der Waals surface area (Å²) in [6, 6.07) is 23.4. The van der Waals surface area contributed by atoms with Crippen molar-refractivity contribution in [3.63, 3.8) is 0 Å². The summed E-state index contributed by atoms with van der Waals surface area (Å²) in [5.74, 6) is -1.46. The van der Waals surface area contributed by atoms with Gasteiger partial charge in [-0.15, -0.1) is 0 Å². The fourth-order valence-corrected chi connectivity index (χ4v) is 6.24. The first kappa shape index (κ1) is 24.3. The molecular weight excluding hydrogens is 465 g/mol. The van der Waals surface area contributed by atoms with Gasteiger partial charge in [0.1, 0.15) is 0 Å². The second-order valence-corrected chi connectivity index (χ2v) is 10.1. The average molecular weight is 493 g/mol. The number of alkyl halides is 3. The number of aromatic carboxylic acids is 1. The lowest BCUT2D eigenvalue weighted by Crippen LogP contribution is -2.58. The Morgan fingerprint density at radius 2 is 1.67 bits per heavy atom. The molecule has 0 amide bonds. The Hall–Kier alpha value is -3.38. The van der Waals surface area contributed by atoms with Crippen molar-refractivity contribution in [3.05, 3.63) is 112 Å². The Morgan fingerprint density at radius 3 is 2.31 bits per heavy atom. The molecule has 2 N–H and O–H groups in total. The first-order valence-corrected chi connectivity index (χ1v) is 12.1. The van der Waals surface area contributed by atoms with Crippen LogP contribution in [0.5, 0.6) is 0 Å². The summed E-state index contributed by atoms with van der Waals surface area (Å²) in [4.78, 5) is 11.6. The molecule has 6 heteroatoms. The summed E-state index contributed by atoms with van der Waals surface area (Å²) in [5, 5.41) is 20.8. The molecule has 3 nitrogen and oxygen atoms in total. The van der Waals surface area contributed by atoms with Crippen molar-refractivity contribution in [2.45, 2.75) is 49.3 Å². The molecule has 3 aromatic carbocycles. The van der Waals surface area contributed by atoms with Crippen molar-refractivity contribution < 1.29 is 28.2 Å². The van der Waals surface area contributed by atoms with Crippen molar-refractivity contribution in [2.75, 3.05) is 0 Å². The number of benzene rings is 3. The first-order chi connectivity index (χ1) is 17.1. The van der Waals surface area contributed by atoms with E-state index in [0.29, 0.717) is 24.8 Å². The van der Waals surface area contributed by atoms with E-state index in [-0.39, 0.29) is 17.6 Å². The highest BCUT2D eigenvalue weighted by molar-refractivity contribution is 5.88. The Morgan fingerprint density at radius 1 is 1.00 bits per heavy atom. The zero-order valence-corrected chi connectivity index (χ0v) is 19.6. The molecule has 1 saturated carbocycles. The van der Waals surface area contributed by atoms with E-state index in [9.17, 15) is 28.2 Å². The lowest BCUT2D eigenvalue weighted by molar-refractivity contribution is -0.258. The van der Waals surface area contributed by atoms with Crippen LogP contribution in [0.25, 0.3) is 6.08 Å². The summed E-state index contributed by atoms with van der Waals surface area (Å²) < 4.78 is 43.4. The van der Waals surface area contributed by atoms with Crippen molar-refractivity contribution in [3.8, 4) is 0 Å². The van der Waals surface area contributed by atoms with Crippen LogP contribution in [0.3, 0.4) is 0 Å². The van der Waals surface area contributed by atoms with Crippen molar-refractivity contribution in [2.24, 2.45) is 5.92 Å². The number of hydrogen-bond donors (Lipinski definition) is 2. The normalized spacial score (nSPS) is 26.8. The second kappa shape index (κ2) is 8.93. The smallest absolute Gasteiger partial charge is 0.421 e. The molecule has 2 aliphatic carbocycles. The molecule has 0 spiro atoms. The Bertz CT molecular complexity index is 1300. The summed E-state index contributed by atoms with van der Waals surface area (Å²) in [7, 11) is 0. The summed E-state index contributed by atoms with van der Waals surface area (Å²) in [6.45, 7) is 0. The minimum atomic E-state index is -4.82. The molecule has 0 radical (unpaired) electrons. The van der Waals surface area contributed by atoms with Crippen LogP contribution >= 0.6 is 0 Å². The molecule has 0 aromatic heterocycles. The standard InChI is InChI=1S/C30H27F3O3/c31-30(32,33)29(36)19-24-13-11-22-16-23(27(34)35)12-14-26(22)28(24,17-21-9-5-2-6-10-21)18-25(29)15-20-7-3-1-4-8-20/h1-10,12,14-16,24,36H,11,13,17-19H2,(H,34,35)/b25-15+/t24?,28?,29-/m0/s1. The minimum Gasteiger partial charge on any atom is -0.478 e. The van der Waals surface area contributed by atoms with Crippen LogP contribution in [-0.4, -0.2) is 28.0 Å². The maximum absolute atomic E-state index is 14.5. The molecule has 2 unspecified atom stereocenters. The van der Waals surface area contributed by atoms with E-state index in [1.54, 1.807) is 48.5 Å². The van der Waals surface area contributed by atoms with Gasteiger partial charge in [0.15, 0.2) is 5.60 Å². The average Bonchev–Trinajstić information content (AvgIpc) is 2.85. The minimum absolute atomic E-state index is 0.0247. The predicted molar refractivity (Wildman–Crippen MR) is 132 cm³/mol. The van der Waals surface area contributed by atoms with E-state index in [1.807, 2.05) is 30.3 Å². The van der Waals surface area contributed by atoms with Crippen LogP contribution in [0.15, 0.2) is 84.4 Å². The van der Waals surface area contributed by atoms with Gasteiger partial charge in [-0.25, -0.2) is 4.79 Å². The summed E-state index contributed by atoms with van der Waals surface area (Å²) in [5.41, 5.74) is -0.173. The molecule has 0 bridgehead atoms. The topological polar surface area (TPSA) is 57.5 Å². The highest BCUT2D eigenvalue weighted by Crippen LogP contribution is 2.59. The highest BCUT2D eigenvalue weighted by atomic mass is 19.4. The van der Waals surface area contributed by atoms with Crippen molar-refractivity contribution in [1.29, 1.82) is 0 Å². The van der Waals surface area contributed by atoms with Gasteiger partial charge in [0, 0.05) is 5.41 Å². The number of halogens is 3. The molecule has 2 aliphatic rings. The summed E-state index contributed by atoms with van der Waals surface area (Å²) >= 11 is 0. The quantitative estimate of drug-likeness (QED) is 0.432. The van der Waals surface area contributed by atoms with Gasteiger partial charge in [-0.05, 0) is 78.0 Å². The van der Waals surface area contributed by atoms with E-state index in [4.69, 9.17) is 0 Å². The highest BCUT2D eigenvalue weighted by Gasteiger charge is 2.63.